The van der Waals surface area contributed by atoms with E-state index in [-0.39, 0.29) is 13.2 Å². The molecule has 0 amide bonds. The van der Waals surface area contributed by atoms with Crippen LogP contribution in [0.15, 0.2) is 91.0 Å². The highest BCUT2D eigenvalue weighted by Gasteiger charge is 2.49. The third kappa shape index (κ3) is 9.40. The zero-order chi connectivity index (χ0) is 31.4. The summed E-state index contributed by atoms with van der Waals surface area (Å²) in [7, 11) is 3.07. The molecule has 244 valence electrons. The van der Waals surface area contributed by atoms with Gasteiger partial charge in [0.25, 0.3) is 0 Å². The largest absolute Gasteiger partial charge is 0.394 e. The molecule has 3 aromatic carbocycles. The molecule has 0 radical (unpaired) electrons. The molecule has 5 unspecified atom stereocenters. The van der Waals surface area contributed by atoms with Gasteiger partial charge in [0.2, 0.25) is 0 Å². The summed E-state index contributed by atoms with van der Waals surface area (Å²) in [4.78, 5) is 2.00. The number of rotatable bonds is 14. The maximum atomic E-state index is 10.8. The van der Waals surface area contributed by atoms with Crippen LogP contribution in [0.3, 0.4) is 0 Å². The first-order chi connectivity index (χ1) is 22.1. The Morgan fingerprint density at radius 1 is 0.644 bits per heavy atom. The second-order valence-electron chi connectivity index (χ2n) is 11.4. The molecule has 0 aliphatic carbocycles. The second kappa shape index (κ2) is 17.3. The standard InChI is InChI=1S/C35H45NO9/c1-39-34-29(38)19-36(18-28(21-37)44-34)20-30-31(41-22-25-12-6-3-7-13-25)32(42-23-26-14-8-4-9-15-26)33(35(40-2)45-30)43-24-27-16-10-5-11-17-27/h3-17,28-35,37-38H,18-24H2,1-2H3/t28-,29+,30?,31?,32?,33?,34-,35?/m0/s1. The van der Waals surface area contributed by atoms with E-state index in [0.717, 1.165) is 16.7 Å². The van der Waals surface area contributed by atoms with Crippen LogP contribution in [0.2, 0.25) is 0 Å². The van der Waals surface area contributed by atoms with E-state index in [1.807, 2.05) is 95.9 Å². The molecule has 8 atom stereocenters. The highest BCUT2D eigenvalue weighted by atomic mass is 16.7. The van der Waals surface area contributed by atoms with Gasteiger partial charge in [0, 0.05) is 33.9 Å². The van der Waals surface area contributed by atoms with Crippen LogP contribution in [0.25, 0.3) is 0 Å². The lowest BCUT2D eigenvalue weighted by molar-refractivity contribution is -0.319. The number of aliphatic hydroxyl groups excluding tert-OH is 2. The van der Waals surface area contributed by atoms with Crippen LogP contribution in [0.1, 0.15) is 16.7 Å². The van der Waals surface area contributed by atoms with Gasteiger partial charge in [-0.25, -0.2) is 0 Å². The number of methoxy groups -OCH3 is 2. The van der Waals surface area contributed by atoms with Gasteiger partial charge in [-0.15, -0.1) is 0 Å². The summed E-state index contributed by atoms with van der Waals surface area (Å²) in [5.41, 5.74) is 3.04. The highest BCUT2D eigenvalue weighted by Crippen LogP contribution is 2.32. The van der Waals surface area contributed by atoms with E-state index in [9.17, 15) is 10.2 Å². The monoisotopic (exact) mass is 623 g/mol. The summed E-state index contributed by atoms with van der Waals surface area (Å²) >= 11 is 0. The molecule has 5 rings (SSSR count). The van der Waals surface area contributed by atoms with E-state index in [4.69, 9.17) is 33.2 Å². The average Bonchev–Trinajstić information content (AvgIpc) is 3.24. The Morgan fingerprint density at radius 2 is 1.13 bits per heavy atom. The van der Waals surface area contributed by atoms with E-state index < -0.39 is 49.2 Å². The van der Waals surface area contributed by atoms with Crippen molar-refractivity contribution in [3.05, 3.63) is 108 Å². The molecular formula is C35H45NO9. The molecule has 0 bridgehead atoms. The van der Waals surface area contributed by atoms with E-state index in [1.165, 1.54) is 7.11 Å². The van der Waals surface area contributed by atoms with Gasteiger partial charge >= 0.3 is 0 Å². The van der Waals surface area contributed by atoms with E-state index >= 15 is 0 Å². The third-order valence-corrected chi connectivity index (χ3v) is 8.10. The number of aliphatic hydroxyl groups is 2. The van der Waals surface area contributed by atoms with E-state index in [0.29, 0.717) is 32.9 Å². The van der Waals surface area contributed by atoms with Crippen molar-refractivity contribution >= 4 is 0 Å². The zero-order valence-corrected chi connectivity index (χ0v) is 25.9. The van der Waals surface area contributed by atoms with Crippen LogP contribution in [-0.4, -0.2) is 105 Å². The lowest BCUT2D eigenvalue weighted by Gasteiger charge is -2.46. The van der Waals surface area contributed by atoms with Gasteiger partial charge in [0.05, 0.1) is 32.5 Å². The minimum absolute atomic E-state index is 0.221. The van der Waals surface area contributed by atoms with Crippen molar-refractivity contribution in [3.8, 4) is 0 Å². The zero-order valence-electron chi connectivity index (χ0n) is 25.9. The second-order valence-corrected chi connectivity index (χ2v) is 11.4. The van der Waals surface area contributed by atoms with Crippen molar-refractivity contribution in [1.29, 1.82) is 0 Å². The fourth-order valence-corrected chi connectivity index (χ4v) is 5.84. The number of β-amino-alcohol motifs (C(OH)–C–C–N with tert-alkyl or cyclic N) is 1. The molecule has 3 aromatic rings. The third-order valence-electron chi connectivity index (χ3n) is 8.10. The molecular weight excluding hydrogens is 578 g/mol. The Hall–Kier alpha value is -2.74. The minimum atomic E-state index is -0.927. The molecule has 10 nitrogen and oxygen atoms in total. The first kappa shape index (κ1) is 33.6. The van der Waals surface area contributed by atoms with Gasteiger partial charge in [-0.2, -0.15) is 0 Å². The van der Waals surface area contributed by atoms with Crippen molar-refractivity contribution in [2.75, 3.05) is 40.5 Å². The summed E-state index contributed by atoms with van der Waals surface area (Å²) in [6, 6.07) is 29.8. The highest BCUT2D eigenvalue weighted by molar-refractivity contribution is 5.16. The van der Waals surface area contributed by atoms with Gasteiger partial charge in [-0.1, -0.05) is 91.0 Å². The summed E-state index contributed by atoms with van der Waals surface area (Å²) in [6.07, 6.45) is -5.39. The number of nitrogens with zero attached hydrogens (tertiary/aromatic N) is 1. The summed E-state index contributed by atoms with van der Waals surface area (Å²) in [6.45, 7) is 1.74. The predicted octanol–water partition coefficient (Wildman–Crippen LogP) is 3.14. The Balaban J connectivity index is 1.44. The Labute approximate surface area is 265 Å². The number of benzene rings is 3. The van der Waals surface area contributed by atoms with Crippen molar-refractivity contribution in [2.24, 2.45) is 0 Å². The number of hydrogen-bond donors (Lipinski definition) is 2. The molecule has 0 spiro atoms. The average molecular weight is 624 g/mol. The molecule has 2 N–H and O–H groups in total. The van der Waals surface area contributed by atoms with E-state index in [1.54, 1.807) is 7.11 Å². The van der Waals surface area contributed by atoms with Crippen LogP contribution in [0.4, 0.5) is 0 Å². The summed E-state index contributed by atoms with van der Waals surface area (Å²) in [5.74, 6) is 0. The molecule has 2 aliphatic heterocycles. The summed E-state index contributed by atoms with van der Waals surface area (Å²) < 4.78 is 43.5. The van der Waals surface area contributed by atoms with Gasteiger partial charge in [0.15, 0.2) is 12.6 Å². The predicted molar refractivity (Wildman–Crippen MR) is 166 cm³/mol. The normalized spacial score (nSPS) is 29.3. The molecule has 2 heterocycles. The summed E-state index contributed by atoms with van der Waals surface area (Å²) in [5, 5.41) is 20.8. The molecule has 0 aromatic heterocycles. The van der Waals surface area contributed by atoms with Crippen LogP contribution in [0, 0.1) is 0 Å². The van der Waals surface area contributed by atoms with Crippen LogP contribution in [-0.2, 0) is 53.0 Å². The molecule has 45 heavy (non-hydrogen) atoms. The van der Waals surface area contributed by atoms with E-state index in [2.05, 4.69) is 0 Å². The first-order valence-corrected chi connectivity index (χ1v) is 15.4. The van der Waals surface area contributed by atoms with Crippen molar-refractivity contribution in [1.82, 2.24) is 4.90 Å². The lowest BCUT2D eigenvalue weighted by atomic mass is 9.96. The maximum Gasteiger partial charge on any atom is 0.186 e. The maximum absolute atomic E-state index is 10.8. The van der Waals surface area contributed by atoms with Gasteiger partial charge in [-0.3, -0.25) is 4.90 Å². The molecule has 2 fully saturated rings. The van der Waals surface area contributed by atoms with Gasteiger partial charge < -0.3 is 43.4 Å². The molecule has 2 saturated heterocycles. The van der Waals surface area contributed by atoms with Gasteiger partial charge in [-0.05, 0) is 16.7 Å². The number of hydrogen-bond acceptors (Lipinski definition) is 10. The minimum Gasteiger partial charge on any atom is -0.394 e. The Morgan fingerprint density at radius 3 is 1.62 bits per heavy atom. The topological polar surface area (TPSA) is 108 Å². The fraction of sp³-hybridized carbons (Fsp3) is 0.486. The van der Waals surface area contributed by atoms with Gasteiger partial charge in [0.1, 0.15) is 30.5 Å². The molecule has 0 saturated carbocycles. The molecule has 2 aliphatic rings. The quantitative estimate of drug-likeness (QED) is 0.278. The smallest absolute Gasteiger partial charge is 0.186 e. The van der Waals surface area contributed by atoms with Crippen molar-refractivity contribution < 1.29 is 43.4 Å². The van der Waals surface area contributed by atoms with Crippen molar-refractivity contribution in [3.63, 3.8) is 0 Å². The van der Waals surface area contributed by atoms with Crippen LogP contribution < -0.4 is 0 Å². The van der Waals surface area contributed by atoms with Crippen molar-refractivity contribution in [2.45, 2.75) is 69.0 Å². The van der Waals surface area contributed by atoms with Crippen LogP contribution >= 0.6 is 0 Å². The number of ether oxygens (including phenoxy) is 7. The molecule has 10 heteroatoms. The van der Waals surface area contributed by atoms with Crippen LogP contribution in [0.5, 0.6) is 0 Å². The SMILES string of the molecule is COC1OC(CN2C[C@@H](CO)O[C@H](OC)[C@H](O)C2)C(OCc2ccccc2)C(OCc2ccccc2)C1OCc1ccccc1. The Bertz CT molecular complexity index is 1240. The fourth-order valence-electron chi connectivity index (χ4n) is 5.84. The Kier molecular flexibility index (Phi) is 12.9. The first-order valence-electron chi connectivity index (χ1n) is 15.4. The lowest BCUT2D eigenvalue weighted by Crippen LogP contribution is -2.63.